The van der Waals surface area contributed by atoms with Crippen LogP contribution in [0.25, 0.3) is 0 Å². The zero-order chi connectivity index (χ0) is 10.5. The summed E-state index contributed by atoms with van der Waals surface area (Å²) in [4.78, 5) is 8.04. The highest BCUT2D eigenvalue weighted by Crippen LogP contribution is 2.23. The smallest absolute Gasteiger partial charge is 0.138 e. The summed E-state index contributed by atoms with van der Waals surface area (Å²) in [5.74, 6) is 0.657. The topological polar surface area (TPSA) is 35.0 Å². The van der Waals surface area contributed by atoms with Gasteiger partial charge in [0.25, 0.3) is 0 Å². The molecule has 0 spiro atoms. The van der Waals surface area contributed by atoms with E-state index in [1.54, 1.807) is 24.7 Å². The van der Waals surface area contributed by atoms with Gasteiger partial charge in [-0.1, -0.05) is 23.7 Å². The number of hydrogen-bond donors (Lipinski definition) is 0. The van der Waals surface area contributed by atoms with Gasteiger partial charge in [0.1, 0.15) is 12.4 Å². The molecular weight excluding hydrogens is 212 g/mol. The Kier molecular flexibility index (Phi) is 3.15. The summed E-state index contributed by atoms with van der Waals surface area (Å²) in [6.07, 6.45) is 4.92. The van der Waals surface area contributed by atoms with Crippen LogP contribution in [0, 0.1) is 0 Å². The maximum atomic E-state index is 5.93. The Morgan fingerprint density at radius 2 is 2.07 bits per heavy atom. The van der Waals surface area contributed by atoms with Gasteiger partial charge < -0.3 is 4.74 Å². The number of para-hydroxylation sites is 1. The lowest BCUT2D eigenvalue weighted by atomic mass is 10.3. The normalized spacial score (nSPS) is 9.93. The fourth-order valence-corrected chi connectivity index (χ4v) is 1.31. The average molecular weight is 221 g/mol. The molecule has 0 aliphatic heterocycles. The van der Waals surface area contributed by atoms with Crippen LogP contribution in [0.4, 0.5) is 0 Å². The summed E-state index contributed by atoms with van der Waals surface area (Å²) in [5.41, 5.74) is 0.775. The minimum atomic E-state index is 0.373. The van der Waals surface area contributed by atoms with Crippen molar-refractivity contribution in [2.75, 3.05) is 0 Å². The number of hydrogen-bond acceptors (Lipinski definition) is 3. The molecule has 1 aromatic heterocycles. The molecule has 0 bridgehead atoms. The van der Waals surface area contributed by atoms with Gasteiger partial charge in [-0.25, -0.2) is 0 Å². The fourth-order valence-electron chi connectivity index (χ4n) is 1.12. The summed E-state index contributed by atoms with van der Waals surface area (Å²) in [6.45, 7) is 0.373. The van der Waals surface area contributed by atoms with E-state index in [2.05, 4.69) is 9.97 Å². The van der Waals surface area contributed by atoms with E-state index in [-0.39, 0.29) is 0 Å². The first-order valence-electron chi connectivity index (χ1n) is 4.48. The van der Waals surface area contributed by atoms with Crippen molar-refractivity contribution in [3.63, 3.8) is 0 Å². The quantitative estimate of drug-likeness (QED) is 0.798. The van der Waals surface area contributed by atoms with Crippen molar-refractivity contribution in [3.8, 4) is 5.75 Å². The standard InChI is InChI=1S/C11H9ClN2O/c12-10-3-1-2-4-11(10)15-8-9-7-13-5-6-14-9/h1-7H,8H2. The minimum absolute atomic E-state index is 0.373. The van der Waals surface area contributed by atoms with E-state index >= 15 is 0 Å². The van der Waals surface area contributed by atoms with Gasteiger partial charge in [-0.15, -0.1) is 0 Å². The van der Waals surface area contributed by atoms with E-state index in [9.17, 15) is 0 Å². The molecule has 0 saturated carbocycles. The van der Waals surface area contributed by atoms with Crippen LogP contribution in [-0.2, 0) is 6.61 Å². The molecule has 76 valence electrons. The summed E-state index contributed by atoms with van der Waals surface area (Å²) in [6, 6.07) is 7.33. The van der Waals surface area contributed by atoms with Crippen LogP contribution >= 0.6 is 11.6 Å². The Morgan fingerprint density at radius 1 is 1.20 bits per heavy atom. The predicted molar refractivity (Wildman–Crippen MR) is 57.8 cm³/mol. The van der Waals surface area contributed by atoms with E-state index < -0.39 is 0 Å². The van der Waals surface area contributed by atoms with Crippen molar-refractivity contribution < 1.29 is 4.74 Å². The highest BCUT2D eigenvalue weighted by atomic mass is 35.5. The SMILES string of the molecule is Clc1ccccc1OCc1cnccn1. The number of rotatable bonds is 3. The van der Waals surface area contributed by atoms with Crippen molar-refractivity contribution in [1.29, 1.82) is 0 Å². The Morgan fingerprint density at radius 3 is 2.80 bits per heavy atom. The molecule has 0 fully saturated rings. The van der Waals surface area contributed by atoms with Gasteiger partial charge in [-0.05, 0) is 12.1 Å². The Labute approximate surface area is 92.7 Å². The molecule has 15 heavy (non-hydrogen) atoms. The van der Waals surface area contributed by atoms with Crippen LogP contribution in [0.5, 0.6) is 5.75 Å². The molecule has 2 rings (SSSR count). The third kappa shape index (κ3) is 2.67. The third-order valence-electron chi connectivity index (χ3n) is 1.83. The first-order valence-corrected chi connectivity index (χ1v) is 4.86. The van der Waals surface area contributed by atoms with Gasteiger partial charge in [-0.2, -0.15) is 0 Å². The first-order chi connectivity index (χ1) is 7.36. The van der Waals surface area contributed by atoms with Gasteiger partial charge >= 0.3 is 0 Å². The molecular formula is C11H9ClN2O. The van der Waals surface area contributed by atoms with Crippen LogP contribution in [0.15, 0.2) is 42.9 Å². The monoisotopic (exact) mass is 220 g/mol. The van der Waals surface area contributed by atoms with E-state index in [1.165, 1.54) is 0 Å². The number of benzene rings is 1. The predicted octanol–water partition coefficient (Wildman–Crippen LogP) is 2.71. The first kappa shape index (κ1) is 9.93. The lowest BCUT2D eigenvalue weighted by Gasteiger charge is -2.06. The molecule has 0 amide bonds. The number of halogens is 1. The van der Waals surface area contributed by atoms with Crippen molar-refractivity contribution in [2.45, 2.75) is 6.61 Å². The summed E-state index contributed by atoms with van der Waals surface area (Å²) >= 11 is 5.93. The molecule has 0 N–H and O–H groups in total. The van der Waals surface area contributed by atoms with Crippen LogP contribution < -0.4 is 4.74 Å². The number of nitrogens with zero attached hydrogens (tertiary/aromatic N) is 2. The minimum Gasteiger partial charge on any atom is -0.486 e. The van der Waals surface area contributed by atoms with E-state index in [0.29, 0.717) is 17.4 Å². The zero-order valence-corrected chi connectivity index (χ0v) is 8.69. The molecule has 2 aromatic rings. The van der Waals surface area contributed by atoms with Gasteiger partial charge in [0, 0.05) is 12.4 Å². The van der Waals surface area contributed by atoms with Crippen LogP contribution in [0.2, 0.25) is 5.02 Å². The van der Waals surface area contributed by atoms with Gasteiger partial charge in [0.05, 0.1) is 16.9 Å². The molecule has 3 nitrogen and oxygen atoms in total. The molecule has 0 aliphatic rings. The van der Waals surface area contributed by atoms with E-state index in [0.717, 1.165) is 5.69 Å². The largest absolute Gasteiger partial charge is 0.486 e. The lowest BCUT2D eigenvalue weighted by molar-refractivity contribution is 0.301. The Balaban J connectivity index is 2.03. The second-order valence-electron chi connectivity index (χ2n) is 2.92. The Bertz CT molecular complexity index is 434. The highest BCUT2D eigenvalue weighted by Gasteiger charge is 2.00. The van der Waals surface area contributed by atoms with Crippen LogP contribution in [0.1, 0.15) is 5.69 Å². The lowest BCUT2D eigenvalue weighted by Crippen LogP contribution is -1.98. The number of aromatic nitrogens is 2. The molecule has 1 heterocycles. The second kappa shape index (κ2) is 4.75. The molecule has 0 unspecified atom stereocenters. The summed E-state index contributed by atoms with van der Waals surface area (Å²) in [5, 5.41) is 0.599. The number of ether oxygens (including phenoxy) is 1. The maximum absolute atomic E-state index is 5.93. The summed E-state index contributed by atoms with van der Waals surface area (Å²) in [7, 11) is 0. The molecule has 0 aliphatic carbocycles. The summed E-state index contributed by atoms with van der Waals surface area (Å²) < 4.78 is 5.49. The maximum Gasteiger partial charge on any atom is 0.138 e. The van der Waals surface area contributed by atoms with Crippen LogP contribution in [0.3, 0.4) is 0 Å². The molecule has 0 saturated heterocycles. The van der Waals surface area contributed by atoms with Crippen molar-refractivity contribution >= 4 is 11.6 Å². The van der Waals surface area contributed by atoms with E-state index in [4.69, 9.17) is 16.3 Å². The molecule has 0 radical (unpaired) electrons. The van der Waals surface area contributed by atoms with Crippen molar-refractivity contribution in [1.82, 2.24) is 9.97 Å². The van der Waals surface area contributed by atoms with Crippen molar-refractivity contribution in [2.24, 2.45) is 0 Å². The molecule has 4 heteroatoms. The molecule has 1 aromatic carbocycles. The third-order valence-corrected chi connectivity index (χ3v) is 2.14. The highest BCUT2D eigenvalue weighted by molar-refractivity contribution is 6.32. The Hall–Kier alpha value is -1.61. The average Bonchev–Trinajstić information content (AvgIpc) is 2.29. The van der Waals surface area contributed by atoms with E-state index in [1.807, 2.05) is 18.2 Å². The molecule has 0 atom stereocenters. The van der Waals surface area contributed by atoms with Gasteiger partial charge in [0.15, 0.2) is 0 Å². The second-order valence-corrected chi connectivity index (χ2v) is 3.32. The van der Waals surface area contributed by atoms with Crippen LogP contribution in [-0.4, -0.2) is 9.97 Å². The van der Waals surface area contributed by atoms with Gasteiger partial charge in [-0.3, -0.25) is 9.97 Å². The fraction of sp³-hybridized carbons (Fsp3) is 0.0909. The van der Waals surface area contributed by atoms with Crippen molar-refractivity contribution in [3.05, 3.63) is 53.6 Å². The van der Waals surface area contributed by atoms with Gasteiger partial charge in [0.2, 0.25) is 0 Å². The zero-order valence-electron chi connectivity index (χ0n) is 7.93.